The summed E-state index contributed by atoms with van der Waals surface area (Å²) in [7, 11) is -4.97. The van der Waals surface area contributed by atoms with E-state index in [1.165, 1.54) is 30.3 Å². The van der Waals surface area contributed by atoms with E-state index in [-0.39, 0.29) is 17.7 Å². The van der Waals surface area contributed by atoms with Gasteiger partial charge in [-0.05, 0) is 24.3 Å². The molecule has 2 aromatic carbocycles. The summed E-state index contributed by atoms with van der Waals surface area (Å²) in [5.41, 5.74) is 0.324. The summed E-state index contributed by atoms with van der Waals surface area (Å²) in [6.07, 6.45) is -6.96. The highest BCUT2D eigenvalue weighted by Crippen LogP contribution is 2.31. The Morgan fingerprint density at radius 3 is 2.10 bits per heavy atom. The van der Waals surface area contributed by atoms with Gasteiger partial charge in [0.15, 0.2) is 12.4 Å². The average molecular weight is 640 g/mol. The molecule has 0 unspecified atom stereocenters. The lowest BCUT2D eigenvalue weighted by molar-refractivity contribution is -0.293. The van der Waals surface area contributed by atoms with Gasteiger partial charge in [0.25, 0.3) is 0 Å². The molecule has 218 valence electrons. The minimum absolute atomic E-state index is 0.104. The fraction of sp³-hybridized carbons (Fsp3) is 0.360. The van der Waals surface area contributed by atoms with E-state index >= 15 is 0 Å². The molecule has 3 rings (SSSR count). The SMILES string of the molecule is C=CCO[C@H]1O[C@H](COC(=O)c2ccccc2)[C@H](O)[C@H](OS(=O)(=O)OCC(Cl)(Cl)Cl)[C@H]1OC(=O)c1ccccc1. The van der Waals surface area contributed by atoms with E-state index in [2.05, 4.69) is 10.8 Å². The maximum absolute atomic E-state index is 12.9. The van der Waals surface area contributed by atoms with Gasteiger partial charge in [0, 0.05) is 0 Å². The van der Waals surface area contributed by atoms with Gasteiger partial charge in [0.05, 0.1) is 17.7 Å². The van der Waals surface area contributed by atoms with Crippen molar-refractivity contribution in [3.05, 3.63) is 84.4 Å². The number of ether oxygens (including phenoxy) is 4. The van der Waals surface area contributed by atoms with Crippen LogP contribution in [-0.4, -0.2) is 79.8 Å². The van der Waals surface area contributed by atoms with Gasteiger partial charge in [0.2, 0.25) is 3.79 Å². The summed E-state index contributed by atoms with van der Waals surface area (Å²) >= 11 is 16.7. The summed E-state index contributed by atoms with van der Waals surface area (Å²) in [6, 6.07) is 15.7. The zero-order valence-electron chi connectivity index (χ0n) is 20.6. The molecule has 2 aromatic rings. The van der Waals surface area contributed by atoms with Gasteiger partial charge in [0.1, 0.15) is 31.5 Å². The van der Waals surface area contributed by atoms with E-state index in [4.69, 9.17) is 57.9 Å². The number of alkyl halides is 3. The second-order valence-electron chi connectivity index (χ2n) is 8.20. The zero-order chi connectivity index (χ0) is 29.3. The molecule has 1 fully saturated rings. The third kappa shape index (κ3) is 9.68. The van der Waals surface area contributed by atoms with Gasteiger partial charge in [-0.1, -0.05) is 77.3 Å². The van der Waals surface area contributed by atoms with Crippen LogP contribution in [-0.2, 0) is 37.7 Å². The van der Waals surface area contributed by atoms with Gasteiger partial charge in [-0.15, -0.1) is 6.58 Å². The smallest absolute Gasteiger partial charge is 0.400 e. The zero-order valence-corrected chi connectivity index (χ0v) is 23.7. The highest BCUT2D eigenvalue weighted by atomic mass is 35.6. The van der Waals surface area contributed by atoms with Crippen LogP contribution in [0.5, 0.6) is 0 Å². The number of carbonyl (C=O) groups is 2. The lowest BCUT2D eigenvalue weighted by Gasteiger charge is -2.42. The summed E-state index contributed by atoms with van der Waals surface area (Å²) in [5, 5.41) is 11.1. The van der Waals surface area contributed by atoms with Crippen LogP contribution in [0.25, 0.3) is 0 Å². The minimum atomic E-state index is -4.97. The lowest BCUT2D eigenvalue weighted by atomic mass is 9.99. The van der Waals surface area contributed by atoms with E-state index in [9.17, 15) is 23.1 Å². The van der Waals surface area contributed by atoms with Crippen molar-refractivity contribution in [1.82, 2.24) is 0 Å². The van der Waals surface area contributed by atoms with Gasteiger partial charge in [-0.2, -0.15) is 8.42 Å². The topological polar surface area (TPSA) is 144 Å². The molecule has 0 aromatic heterocycles. The molecule has 0 radical (unpaired) electrons. The molecular formula is C25H25Cl3O11S. The number of aliphatic hydroxyl groups is 1. The number of benzene rings is 2. The maximum atomic E-state index is 12.9. The number of rotatable bonds is 12. The molecule has 0 saturated carbocycles. The molecular weight excluding hydrogens is 615 g/mol. The Morgan fingerprint density at radius 2 is 1.55 bits per heavy atom. The van der Waals surface area contributed by atoms with Crippen molar-refractivity contribution in [3.63, 3.8) is 0 Å². The van der Waals surface area contributed by atoms with E-state index in [0.29, 0.717) is 0 Å². The van der Waals surface area contributed by atoms with Crippen LogP contribution in [0, 0.1) is 0 Å². The van der Waals surface area contributed by atoms with Crippen LogP contribution in [0.3, 0.4) is 0 Å². The van der Waals surface area contributed by atoms with E-state index in [0.717, 1.165) is 0 Å². The Bertz CT molecular complexity index is 1240. The van der Waals surface area contributed by atoms with Crippen molar-refractivity contribution in [2.75, 3.05) is 19.8 Å². The Hall–Kier alpha value is -2.26. The van der Waals surface area contributed by atoms with Crippen molar-refractivity contribution in [2.45, 2.75) is 34.5 Å². The van der Waals surface area contributed by atoms with Crippen molar-refractivity contribution in [1.29, 1.82) is 0 Å². The molecule has 11 nitrogen and oxygen atoms in total. The first-order chi connectivity index (χ1) is 18.9. The highest BCUT2D eigenvalue weighted by molar-refractivity contribution is 7.81. The molecule has 1 aliphatic heterocycles. The molecule has 0 aliphatic carbocycles. The molecule has 0 amide bonds. The van der Waals surface area contributed by atoms with Crippen molar-refractivity contribution in [2.24, 2.45) is 0 Å². The first-order valence-corrected chi connectivity index (χ1v) is 14.1. The fourth-order valence-corrected chi connectivity index (χ4v) is 4.67. The predicted octanol–water partition coefficient (Wildman–Crippen LogP) is 3.37. The summed E-state index contributed by atoms with van der Waals surface area (Å²) in [4.78, 5) is 25.3. The fourth-order valence-electron chi connectivity index (χ4n) is 3.44. The van der Waals surface area contributed by atoms with Gasteiger partial charge in [-0.25, -0.2) is 18.0 Å². The standard InChI is InChI=1S/C25H25Cl3O11S/c1-2-13-34-24-21(38-23(31)17-11-7-4-8-12-17)20(39-40(32,33)36-15-25(26,27)28)19(29)18(37-24)14-35-22(30)16-9-5-3-6-10-16/h2-12,18-21,24,29H,1,13-15H2/t18-,19+,20+,21-,24+/m1/s1. The second-order valence-corrected chi connectivity index (χ2v) is 12.0. The van der Waals surface area contributed by atoms with Crippen molar-refractivity contribution >= 4 is 57.1 Å². The second kappa shape index (κ2) is 14.6. The Kier molecular flexibility index (Phi) is 11.8. The monoisotopic (exact) mass is 638 g/mol. The number of esters is 2. The molecule has 1 saturated heterocycles. The number of hydrogen-bond acceptors (Lipinski definition) is 11. The van der Waals surface area contributed by atoms with Gasteiger partial charge in [-0.3, -0.25) is 0 Å². The molecule has 5 atom stereocenters. The van der Waals surface area contributed by atoms with E-state index in [1.54, 1.807) is 36.4 Å². The third-order valence-electron chi connectivity index (χ3n) is 5.23. The first kappa shape index (κ1) is 32.3. The third-order valence-corrected chi connectivity index (χ3v) is 6.43. The number of halogens is 3. The van der Waals surface area contributed by atoms with Crippen LogP contribution in [0.2, 0.25) is 0 Å². The Labute approximate surface area is 245 Å². The first-order valence-electron chi connectivity index (χ1n) is 11.6. The summed E-state index contributed by atoms with van der Waals surface area (Å²) < 4.78 is 54.9. The number of hydrogen-bond donors (Lipinski definition) is 1. The minimum Gasteiger partial charge on any atom is -0.459 e. The van der Waals surface area contributed by atoms with Crippen LogP contribution in [0.15, 0.2) is 73.3 Å². The van der Waals surface area contributed by atoms with Crippen molar-refractivity contribution < 1.29 is 50.4 Å². The Morgan fingerprint density at radius 1 is 0.975 bits per heavy atom. The average Bonchev–Trinajstić information content (AvgIpc) is 2.93. The van der Waals surface area contributed by atoms with Crippen molar-refractivity contribution in [3.8, 4) is 0 Å². The number of carbonyl (C=O) groups excluding carboxylic acids is 2. The van der Waals surface area contributed by atoms with Crippen LogP contribution in [0.4, 0.5) is 0 Å². The summed E-state index contributed by atoms with van der Waals surface area (Å²) in [6.45, 7) is 1.91. The normalized spacial score (nSPS) is 23.2. The molecule has 15 heteroatoms. The number of aliphatic hydroxyl groups excluding tert-OH is 1. The maximum Gasteiger partial charge on any atom is 0.400 e. The predicted molar refractivity (Wildman–Crippen MR) is 143 cm³/mol. The van der Waals surface area contributed by atoms with E-state index in [1.807, 2.05) is 0 Å². The quantitative estimate of drug-likeness (QED) is 0.207. The molecule has 1 aliphatic rings. The van der Waals surface area contributed by atoms with Crippen LogP contribution < -0.4 is 0 Å². The van der Waals surface area contributed by atoms with E-state index < -0.39 is 70.0 Å². The molecule has 0 bridgehead atoms. The van der Waals surface area contributed by atoms with Gasteiger partial charge < -0.3 is 24.1 Å². The van der Waals surface area contributed by atoms with Crippen LogP contribution >= 0.6 is 34.8 Å². The highest BCUT2D eigenvalue weighted by Gasteiger charge is 2.51. The summed E-state index contributed by atoms with van der Waals surface area (Å²) in [5.74, 6) is -1.65. The lowest BCUT2D eigenvalue weighted by Crippen LogP contribution is -2.62. The van der Waals surface area contributed by atoms with Gasteiger partial charge >= 0.3 is 22.3 Å². The molecule has 40 heavy (non-hydrogen) atoms. The Balaban J connectivity index is 1.88. The largest absolute Gasteiger partial charge is 0.459 e. The van der Waals surface area contributed by atoms with Crippen LogP contribution in [0.1, 0.15) is 20.7 Å². The molecule has 1 heterocycles. The molecule has 0 spiro atoms. The molecule has 1 N–H and O–H groups in total.